The molecule has 0 aromatic heterocycles. The summed E-state index contributed by atoms with van der Waals surface area (Å²) in [6.07, 6.45) is -4.07. The summed E-state index contributed by atoms with van der Waals surface area (Å²) in [7, 11) is -2.33. The van der Waals surface area contributed by atoms with Gasteiger partial charge < -0.3 is 0 Å². The first kappa shape index (κ1) is 24.7. The minimum atomic E-state index is -4.64. The van der Waals surface area contributed by atoms with Crippen LogP contribution in [0.25, 0.3) is 0 Å². The summed E-state index contributed by atoms with van der Waals surface area (Å²) >= 11 is 5.94. The smallest absolute Gasteiger partial charge is 0.259 e. The standard InChI is InChI=1S/C23H26ClF3NO3S/c1-22(2,32(30,31)20-6-4-5-17(13-20)23(25,26)27)18-9-12-21(29)28(3,15-18)14-16-7-10-19(24)11-8-16/h4-8,10-11,13,18H,9,12,14-15H2,1-3H3/q+1. The molecule has 3 rings (SSSR count). The van der Waals surface area contributed by atoms with E-state index < -0.39 is 32.2 Å². The van der Waals surface area contributed by atoms with Crippen molar-refractivity contribution >= 4 is 27.3 Å². The number of hydrogen-bond acceptors (Lipinski definition) is 3. The second-order valence-electron chi connectivity index (χ2n) is 9.12. The van der Waals surface area contributed by atoms with Gasteiger partial charge in [-0.05, 0) is 50.6 Å². The van der Waals surface area contributed by atoms with Crippen molar-refractivity contribution in [2.75, 3.05) is 13.6 Å². The number of alkyl halides is 3. The van der Waals surface area contributed by atoms with E-state index in [1.807, 2.05) is 12.1 Å². The fourth-order valence-electron chi connectivity index (χ4n) is 4.32. The van der Waals surface area contributed by atoms with Gasteiger partial charge in [-0.2, -0.15) is 13.2 Å². The third-order valence-corrected chi connectivity index (χ3v) is 9.37. The molecule has 2 aromatic rings. The van der Waals surface area contributed by atoms with Crippen molar-refractivity contribution in [3.8, 4) is 0 Å². The third-order valence-electron chi connectivity index (χ3n) is 6.52. The Morgan fingerprint density at radius 3 is 2.31 bits per heavy atom. The molecule has 0 spiro atoms. The number of piperidine rings is 1. The average Bonchev–Trinajstić information content (AvgIpc) is 2.71. The number of nitrogens with zero attached hydrogens (tertiary/aromatic N) is 1. The largest absolute Gasteiger partial charge is 0.416 e. The normalized spacial score (nSPS) is 22.7. The lowest BCUT2D eigenvalue weighted by Gasteiger charge is -2.44. The van der Waals surface area contributed by atoms with Crippen molar-refractivity contribution in [3.63, 3.8) is 0 Å². The van der Waals surface area contributed by atoms with Gasteiger partial charge in [0.2, 0.25) is 0 Å². The number of quaternary nitrogens is 1. The molecular weight excluding hydrogens is 463 g/mol. The van der Waals surface area contributed by atoms with Crippen molar-refractivity contribution in [3.05, 3.63) is 64.7 Å². The lowest BCUT2D eigenvalue weighted by atomic mass is 9.85. The van der Waals surface area contributed by atoms with E-state index in [1.165, 1.54) is 19.9 Å². The quantitative estimate of drug-likeness (QED) is 0.522. The molecule has 0 N–H and O–H groups in total. The van der Waals surface area contributed by atoms with Gasteiger partial charge in [0.25, 0.3) is 0 Å². The molecule has 1 aliphatic heterocycles. The van der Waals surface area contributed by atoms with E-state index in [2.05, 4.69) is 0 Å². The Bertz CT molecular complexity index is 1110. The lowest BCUT2D eigenvalue weighted by molar-refractivity contribution is -0.855. The monoisotopic (exact) mass is 488 g/mol. The number of halogens is 4. The summed E-state index contributed by atoms with van der Waals surface area (Å²) in [5.74, 6) is -0.416. The van der Waals surface area contributed by atoms with Crippen LogP contribution in [0, 0.1) is 5.92 Å². The van der Waals surface area contributed by atoms with Crippen LogP contribution in [0.2, 0.25) is 5.02 Å². The van der Waals surface area contributed by atoms with Crippen LogP contribution in [-0.4, -0.2) is 37.1 Å². The Balaban J connectivity index is 1.92. The second kappa shape index (κ2) is 8.47. The Labute approximate surface area is 191 Å². The van der Waals surface area contributed by atoms with Crippen LogP contribution in [0.4, 0.5) is 13.2 Å². The fraction of sp³-hybridized carbons (Fsp3) is 0.435. The number of rotatable bonds is 5. The minimum Gasteiger partial charge on any atom is -0.259 e. The van der Waals surface area contributed by atoms with Crippen molar-refractivity contribution in [1.29, 1.82) is 0 Å². The zero-order chi connectivity index (χ0) is 23.9. The Morgan fingerprint density at radius 2 is 1.72 bits per heavy atom. The van der Waals surface area contributed by atoms with Gasteiger partial charge in [-0.1, -0.05) is 29.8 Å². The molecule has 0 bridgehead atoms. The van der Waals surface area contributed by atoms with Gasteiger partial charge in [0.15, 0.2) is 9.84 Å². The molecule has 2 aromatic carbocycles. The fourth-order valence-corrected chi connectivity index (χ4v) is 6.23. The highest BCUT2D eigenvalue weighted by atomic mass is 35.5. The van der Waals surface area contributed by atoms with Crippen molar-refractivity contribution in [2.45, 2.75) is 49.1 Å². The van der Waals surface area contributed by atoms with Gasteiger partial charge >= 0.3 is 12.1 Å². The first-order valence-electron chi connectivity index (χ1n) is 10.2. The zero-order valence-corrected chi connectivity index (χ0v) is 19.7. The first-order valence-corrected chi connectivity index (χ1v) is 12.1. The summed E-state index contributed by atoms with van der Waals surface area (Å²) in [6.45, 7) is 3.73. The van der Waals surface area contributed by atoms with Crippen molar-refractivity contribution in [1.82, 2.24) is 0 Å². The number of benzene rings is 2. The van der Waals surface area contributed by atoms with Crippen molar-refractivity contribution < 1.29 is 30.9 Å². The highest BCUT2D eigenvalue weighted by molar-refractivity contribution is 7.92. The molecule has 2 unspecified atom stereocenters. The van der Waals surface area contributed by atoms with E-state index in [-0.39, 0.29) is 28.3 Å². The molecule has 0 radical (unpaired) electrons. The topological polar surface area (TPSA) is 51.2 Å². The lowest BCUT2D eigenvalue weighted by Crippen LogP contribution is -2.59. The molecule has 32 heavy (non-hydrogen) atoms. The van der Waals surface area contributed by atoms with Crippen molar-refractivity contribution in [2.24, 2.45) is 5.92 Å². The van der Waals surface area contributed by atoms with Gasteiger partial charge in [0.1, 0.15) is 6.54 Å². The molecular formula is C23H26ClF3NO3S+. The SMILES string of the molecule is CC(C)(C1CCC(=O)[N+](C)(Cc2ccc(Cl)cc2)C1)S(=O)(=O)c1cccc(C(F)(F)F)c1. The van der Waals surface area contributed by atoms with E-state index >= 15 is 0 Å². The molecule has 1 aliphatic rings. The van der Waals surface area contributed by atoms with E-state index in [9.17, 15) is 26.4 Å². The average molecular weight is 489 g/mol. The maximum absolute atomic E-state index is 13.4. The van der Waals surface area contributed by atoms with E-state index in [0.29, 0.717) is 24.1 Å². The van der Waals surface area contributed by atoms with Crippen LogP contribution in [0.3, 0.4) is 0 Å². The van der Waals surface area contributed by atoms with Gasteiger partial charge in [-0.15, -0.1) is 0 Å². The van der Waals surface area contributed by atoms with E-state index in [0.717, 1.165) is 17.7 Å². The van der Waals surface area contributed by atoms with Crippen LogP contribution in [0.15, 0.2) is 53.4 Å². The Morgan fingerprint density at radius 1 is 1.09 bits per heavy atom. The predicted molar refractivity (Wildman–Crippen MR) is 117 cm³/mol. The third kappa shape index (κ3) is 4.72. The highest BCUT2D eigenvalue weighted by Crippen LogP contribution is 2.40. The number of amides is 1. The molecule has 1 fully saturated rings. The molecule has 0 aliphatic carbocycles. The Hall–Kier alpha value is -1.90. The summed E-state index contributed by atoms with van der Waals surface area (Å²) in [4.78, 5) is 12.4. The van der Waals surface area contributed by atoms with Gasteiger partial charge in [-0.25, -0.2) is 13.2 Å². The van der Waals surface area contributed by atoms with Gasteiger partial charge in [0.05, 0.1) is 35.2 Å². The number of carbonyl (C=O) groups excluding carboxylic acids is 1. The van der Waals surface area contributed by atoms with Crippen LogP contribution < -0.4 is 0 Å². The van der Waals surface area contributed by atoms with E-state index in [1.54, 1.807) is 19.2 Å². The number of sulfone groups is 1. The number of hydrogen-bond donors (Lipinski definition) is 0. The van der Waals surface area contributed by atoms with Crippen LogP contribution in [0.5, 0.6) is 0 Å². The van der Waals surface area contributed by atoms with Gasteiger partial charge in [-0.3, -0.25) is 4.48 Å². The second-order valence-corrected chi connectivity index (χ2v) is 12.1. The molecule has 174 valence electrons. The number of carbonyl (C=O) groups is 1. The zero-order valence-electron chi connectivity index (χ0n) is 18.1. The van der Waals surface area contributed by atoms with Crippen LogP contribution in [-0.2, 0) is 27.4 Å². The van der Waals surface area contributed by atoms with Gasteiger partial charge in [0, 0.05) is 16.5 Å². The minimum absolute atomic E-state index is 0.00321. The highest BCUT2D eigenvalue weighted by Gasteiger charge is 2.50. The maximum atomic E-state index is 13.4. The maximum Gasteiger partial charge on any atom is 0.416 e. The molecule has 1 heterocycles. The van der Waals surface area contributed by atoms with Crippen LogP contribution in [0.1, 0.15) is 37.8 Å². The number of likely N-dealkylation sites (tertiary alicyclic amines) is 1. The summed E-state index contributed by atoms with van der Waals surface area (Å²) in [5, 5.41) is 0.576. The summed E-state index contributed by atoms with van der Waals surface area (Å²) in [6, 6.07) is 11.0. The molecule has 4 nitrogen and oxygen atoms in total. The molecule has 2 atom stereocenters. The van der Waals surface area contributed by atoms with E-state index in [4.69, 9.17) is 11.6 Å². The molecule has 9 heteroatoms. The predicted octanol–water partition coefficient (Wildman–Crippen LogP) is 5.49. The molecule has 1 amide bonds. The summed E-state index contributed by atoms with van der Waals surface area (Å²) in [5.41, 5.74) is -0.110. The molecule has 1 saturated heterocycles. The first-order chi connectivity index (χ1) is 14.7. The Kier molecular flexibility index (Phi) is 6.54. The molecule has 0 saturated carbocycles. The summed E-state index contributed by atoms with van der Waals surface area (Å²) < 4.78 is 65.0. The van der Waals surface area contributed by atoms with Crippen LogP contribution >= 0.6 is 11.6 Å².